The highest BCUT2D eigenvalue weighted by Gasteiger charge is 2.21. The standard InChI is InChI=1S/C23H21N3O4S2/c1-3-26(2)32(28,29)17-13-14-19-21(15-17)31-23(24-19)25-22(27)18-11-7-8-12-20(18)30-16-9-5-4-6-10-16/h4-15H,3H2,1-2H3,(H,24,25,27). The van der Waals surface area contributed by atoms with Crippen molar-refractivity contribution in [2.45, 2.75) is 11.8 Å². The SMILES string of the molecule is CCN(C)S(=O)(=O)c1ccc2nc(NC(=O)c3ccccc3Oc3ccccc3)sc2c1. The summed E-state index contributed by atoms with van der Waals surface area (Å²) in [6.45, 7) is 2.14. The molecule has 0 fully saturated rings. The Bertz CT molecular complexity index is 1370. The highest BCUT2D eigenvalue weighted by molar-refractivity contribution is 7.89. The molecule has 4 aromatic rings. The van der Waals surface area contributed by atoms with Crippen LogP contribution in [0.15, 0.2) is 77.7 Å². The van der Waals surface area contributed by atoms with Crippen molar-refractivity contribution in [3.05, 3.63) is 78.4 Å². The first-order chi connectivity index (χ1) is 15.4. The van der Waals surface area contributed by atoms with Crippen LogP contribution in [0.3, 0.4) is 0 Å². The zero-order valence-corrected chi connectivity index (χ0v) is 19.1. The summed E-state index contributed by atoms with van der Waals surface area (Å²) < 4.78 is 33.0. The zero-order valence-electron chi connectivity index (χ0n) is 17.5. The first kappa shape index (κ1) is 21.9. The average molecular weight is 468 g/mol. The Hall–Kier alpha value is -3.27. The van der Waals surface area contributed by atoms with Crippen molar-refractivity contribution in [1.82, 2.24) is 9.29 Å². The minimum absolute atomic E-state index is 0.192. The molecule has 0 radical (unpaired) electrons. The molecule has 0 saturated carbocycles. The van der Waals surface area contributed by atoms with Gasteiger partial charge in [-0.1, -0.05) is 48.6 Å². The summed E-state index contributed by atoms with van der Waals surface area (Å²) >= 11 is 1.21. The fourth-order valence-electron chi connectivity index (χ4n) is 2.99. The van der Waals surface area contributed by atoms with E-state index >= 15 is 0 Å². The van der Waals surface area contributed by atoms with Crippen molar-refractivity contribution in [2.24, 2.45) is 0 Å². The fourth-order valence-corrected chi connectivity index (χ4v) is 5.17. The number of ether oxygens (including phenoxy) is 1. The molecule has 1 heterocycles. The smallest absolute Gasteiger partial charge is 0.261 e. The molecule has 4 rings (SSSR count). The minimum atomic E-state index is -3.56. The van der Waals surface area contributed by atoms with Crippen LogP contribution in [0.2, 0.25) is 0 Å². The van der Waals surface area contributed by atoms with E-state index in [9.17, 15) is 13.2 Å². The third-order valence-corrected chi connectivity index (χ3v) is 7.70. The number of carbonyl (C=O) groups is 1. The van der Waals surface area contributed by atoms with Crippen LogP contribution in [0.4, 0.5) is 5.13 Å². The molecule has 0 aliphatic heterocycles. The van der Waals surface area contributed by atoms with Crippen LogP contribution in [-0.4, -0.2) is 37.2 Å². The summed E-state index contributed by atoms with van der Waals surface area (Å²) in [4.78, 5) is 17.5. The van der Waals surface area contributed by atoms with Gasteiger partial charge < -0.3 is 4.74 Å². The summed E-state index contributed by atoms with van der Waals surface area (Å²) in [6, 6.07) is 20.9. The van der Waals surface area contributed by atoms with Crippen LogP contribution in [0.25, 0.3) is 10.2 Å². The Morgan fingerprint density at radius 3 is 2.53 bits per heavy atom. The lowest BCUT2D eigenvalue weighted by Crippen LogP contribution is -2.26. The molecule has 0 atom stereocenters. The number of fused-ring (bicyclic) bond motifs is 1. The molecule has 3 aromatic carbocycles. The normalized spacial score (nSPS) is 11.6. The van der Waals surface area contributed by atoms with E-state index in [1.807, 2.05) is 30.3 Å². The van der Waals surface area contributed by atoms with Crippen LogP contribution >= 0.6 is 11.3 Å². The van der Waals surface area contributed by atoms with Gasteiger partial charge in [-0.2, -0.15) is 0 Å². The molecule has 164 valence electrons. The Morgan fingerprint density at radius 1 is 1.06 bits per heavy atom. The minimum Gasteiger partial charge on any atom is -0.457 e. The molecular weight excluding hydrogens is 446 g/mol. The third-order valence-electron chi connectivity index (χ3n) is 4.84. The number of carbonyl (C=O) groups excluding carboxylic acids is 1. The molecule has 1 aromatic heterocycles. The molecule has 0 unspecified atom stereocenters. The molecule has 1 N–H and O–H groups in total. The summed E-state index contributed by atoms with van der Waals surface area (Å²) in [6.07, 6.45) is 0. The van der Waals surface area contributed by atoms with Crippen molar-refractivity contribution in [2.75, 3.05) is 18.9 Å². The Balaban J connectivity index is 1.59. The zero-order chi connectivity index (χ0) is 22.7. The van der Waals surface area contributed by atoms with Crippen molar-refractivity contribution in [3.8, 4) is 11.5 Å². The van der Waals surface area contributed by atoms with E-state index in [4.69, 9.17) is 4.74 Å². The molecule has 0 bridgehead atoms. The van der Waals surface area contributed by atoms with Gasteiger partial charge in [-0.05, 0) is 42.5 Å². The lowest BCUT2D eigenvalue weighted by atomic mass is 10.2. The summed E-state index contributed by atoms with van der Waals surface area (Å²) in [5, 5.41) is 3.17. The maximum atomic E-state index is 12.9. The highest BCUT2D eigenvalue weighted by atomic mass is 32.2. The number of hydrogen-bond donors (Lipinski definition) is 1. The summed E-state index contributed by atoms with van der Waals surface area (Å²) in [5.74, 6) is 0.681. The number of thiazole rings is 1. The third kappa shape index (κ3) is 4.50. The fraction of sp³-hybridized carbons (Fsp3) is 0.130. The number of anilines is 1. The number of sulfonamides is 1. The first-order valence-corrected chi connectivity index (χ1v) is 12.1. The number of benzene rings is 3. The lowest BCUT2D eigenvalue weighted by Gasteiger charge is -2.14. The van der Waals surface area contributed by atoms with Crippen molar-refractivity contribution >= 4 is 42.6 Å². The van der Waals surface area contributed by atoms with E-state index in [-0.39, 0.29) is 10.8 Å². The van der Waals surface area contributed by atoms with Crippen molar-refractivity contribution in [3.63, 3.8) is 0 Å². The van der Waals surface area contributed by atoms with Crippen LogP contribution in [0.1, 0.15) is 17.3 Å². The van der Waals surface area contributed by atoms with Gasteiger partial charge in [0.25, 0.3) is 5.91 Å². The number of rotatable bonds is 7. The molecule has 0 saturated heterocycles. The summed E-state index contributed by atoms with van der Waals surface area (Å²) in [5.41, 5.74) is 0.973. The second-order valence-electron chi connectivity index (χ2n) is 6.93. The van der Waals surface area contributed by atoms with E-state index < -0.39 is 10.0 Å². The van der Waals surface area contributed by atoms with E-state index in [2.05, 4.69) is 10.3 Å². The summed E-state index contributed by atoms with van der Waals surface area (Å²) in [7, 11) is -2.03. The topological polar surface area (TPSA) is 88.6 Å². The lowest BCUT2D eigenvalue weighted by molar-refractivity contribution is 0.102. The predicted molar refractivity (Wildman–Crippen MR) is 126 cm³/mol. The molecule has 1 amide bonds. The van der Waals surface area contributed by atoms with E-state index in [1.165, 1.54) is 28.8 Å². The van der Waals surface area contributed by atoms with Gasteiger partial charge in [0.05, 0.1) is 20.7 Å². The number of para-hydroxylation sites is 2. The molecule has 0 spiro atoms. The largest absolute Gasteiger partial charge is 0.457 e. The maximum absolute atomic E-state index is 12.9. The van der Waals surface area contributed by atoms with Crippen LogP contribution in [0.5, 0.6) is 11.5 Å². The van der Waals surface area contributed by atoms with Crippen molar-refractivity contribution < 1.29 is 17.9 Å². The molecule has 9 heteroatoms. The van der Waals surface area contributed by atoms with Gasteiger partial charge in [-0.25, -0.2) is 17.7 Å². The maximum Gasteiger partial charge on any atom is 0.261 e. The van der Waals surface area contributed by atoms with Gasteiger partial charge in [0.1, 0.15) is 11.5 Å². The Labute approximate surface area is 190 Å². The first-order valence-electron chi connectivity index (χ1n) is 9.88. The monoisotopic (exact) mass is 467 g/mol. The molecule has 0 aliphatic rings. The second-order valence-corrected chi connectivity index (χ2v) is 10.0. The molecule has 7 nitrogen and oxygen atoms in total. The number of aromatic nitrogens is 1. The number of hydrogen-bond acceptors (Lipinski definition) is 6. The number of nitrogens with one attached hydrogen (secondary N) is 1. The Kier molecular flexibility index (Phi) is 6.22. The van der Waals surface area contributed by atoms with Gasteiger partial charge in [0.2, 0.25) is 10.0 Å². The van der Waals surface area contributed by atoms with Crippen LogP contribution in [0, 0.1) is 0 Å². The second kappa shape index (κ2) is 9.07. The van der Waals surface area contributed by atoms with Crippen LogP contribution < -0.4 is 10.1 Å². The van der Waals surface area contributed by atoms with Crippen molar-refractivity contribution in [1.29, 1.82) is 0 Å². The van der Waals surface area contributed by atoms with Gasteiger partial charge in [-0.15, -0.1) is 0 Å². The number of amides is 1. The van der Waals surface area contributed by atoms with Gasteiger partial charge in [0.15, 0.2) is 5.13 Å². The van der Waals surface area contributed by atoms with E-state index in [1.54, 1.807) is 43.3 Å². The van der Waals surface area contributed by atoms with Gasteiger partial charge >= 0.3 is 0 Å². The molecule has 0 aliphatic carbocycles. The number of nitrogens with zero attached hydrogens (tertiary/aromatic N) is 2. The van der Waals surface area contributed by atoms with Crippen LogP contribution in [-0.2, 0) is 10.0 Å². The van der Waals surface area contributed by atoms with Gasteiger partial charge in [-0.3, -0.25) is 10.1 Å². The molecular formula is C23H21N3O4S2. The van der Waals surface area contributed by atoms with E-state index in [0.717, 1.165) is 0 Å². The highest BCUT2D eigenvalue weighted by Crippen LogP contribution is 2.31. The average Bonchev–Trinajstić information content (AvgIpc) is 3.20. The Morgan fingerprint density at radius 2 is 1.78 bits per heavy atom. The van der Waals surface area contributed by atoms with E-state index in [0.29, 0.717) is 39.0 Å². The molecule has 32 heavy (non-hydrogen) atoms. The van der Waals surface area contributed by atoms with Gasteiger partial charge in [0, 0.05) is 13.6 Å². The predicted octanol–water partition coefficient (Wildman–Crippen LogP) is 4.98. The quantitative estimate of drug-likeness (QED) is 0.414.